The first kappa shape index (κ1) is 19.1. The van der Waals surface area contributed by atoms with Crippen LogP contribution in [-0.4, -0.2) is 62.0 Å². The first-order chi connectivity index (χ1) is 12.0. The Morgan fingerprint density at radius 2 is 1.60 bits per heavy atom. The maximum absolute atomic E-state index is 12.8. The summed E-state index contributed by atoms with van der Waals surface area (Å²) in [5.74, 6) is 1.37. The van der Waals surface area contributed by atoms with E-state index in [0.717, 1.165) is 12.8 Å². The van der Waals surface area contributed by atoms with E-state index in [9.17, 15) is 9.59 Å². The molecule has 0 saturated carbocycles. The Hall–Kier alpha value is -2.24. The van der Waals surface area contributed by atoms with Gasteiger partial charge < -0.3 is 19.3 Å². The number of amides is 2. The molecule has 1 aromatic carbocycles. The number of carbonyl (C=O) groups is 2. The summed E-state index contributed by atoms with van der Waals surface area (Å²) in [5, 5.41) is 0. The molecular weight excluding hydrogens is 320 g/mol. The molecule has 0 N–H and O–H groups in total. The number of benzene rings is 1. The summed E-state index contributed by atoms with van der Waals surface area (Å²) in [6.45, 7) is 6.34. The lowest BCUT2D eigenvalue weighted by atomic mass is 10.0. The molecule has 138 valence electrons. The number of rotatable bonds is 6. The van der Waals surface area contributed by atoms with E-state index in [1.807, 2.05) is 18.7 Å². The van der Waals surface area contributed by atoms with E-state index >= 15 is 0 Å². The van der Waals surface area contributed by atoms with Crippen molar-refractivity contribution in [1.29, 1.82) is 0 Å². The Bertz CT molecular complexity index is 605. The van der Waals surface area contributed by atoms with Crippen molar-refractivity contribution in [3.8, 4) is 11.5 Å². The molecule has 0 radical (unpaired) electrons. The van der Waals surface area contributed by atoms with Gasteiger partial charge in [-0.05, 0) is 25.0 Å². The zero-order valence-corrected chi connectivity index (χ0v) is 15.6. The van der Waals surface area contributed by atoms with Gasteiger partial charge in [0.25, 0.3) is 5.91 Å². The third-order valence-electron chi connectivity index (χ3n) is 4.85. The average molecular weight is 348 g/mol. The van der Waals surface area contributed by atoms with E-state index < -0.39 is 0 Å². The molecule has 0 unspecified atom stereocenters. The molecule has 0 aromatic heterocycles. The van der Waals surface area contributed by atoms with Crippen molar-refractivity contribution in [2.75, 3.05) is 40.4 Å². The molecule has 0 spiro atoms. The highest BCUT2D eigenvalue weighted by atomic mass is 16.5. The van der Waals surface area contributed by atoms with Crippen LogP contribution < -0.4 is 9.47 Å². The van der Waals surface area contributed by atoms with Crippen LogP contribution in [0.2, 0.25) is 0 Å². The monoisotopic (exact) mass is 348 g/mol. The second-order valence-electron chi connectivity index (χ2n) is 6.20. The van der Waals surface area contributed by atoms with E-state index in [1.54, 1.807) is 30.2 Å². The van der Waals surface area contributed by atoms with Gasteiger partial charge in [0, 0.05) is 38.2 Å². The van der Waals surface area contributed by atoms with Crippen molar-refractivity contribution in [2.45, 2.75) is 26.7 Å². The van der Waals surface area contributed by atoms with E-state index in [4.69, 9.17) is 9.47 Å². The summed E-state index contributed by atoms with van der Waals surface area (Å²) < 4.78 is 10.5. The van der Waals surface area contributed by atoms with Crippen LogP contribution in [0, 0.1) is 5.92 Å². The molecule has 1 heterocycles. The number of carbonyl (C=O) groups excluding carboxylic acids is 2. The van der Waals surface area contributed by atoms with Gasteiger partial charge in [0.2, 0.25) is 5.91 Å². The van der Waals surface area contributed by atoms with Crippen molar-refractivity contribution >= 4 is 11.8 Å². The molecule has 2 rings (SSSR count). The number of methoxy groups -OCH3 is 2. The van der Waals surface area contributed by atoms with Crippen molar-refractivity contribution in [2.24, 2.45) is 5.92 Å². The molecule has 0 bridgehead atoms. The third kappa shape index (κ3) is 4.24. The topological polar surface area (TPSA) is 59.1 Å². The minimum Gasteiger partial charge on any atom is -0.497 e. The molecule has 2 amide bonds. The molecule has 0 aliphatic carbocycles. The first-order valence-electron chi connectivity index (χ1n) is 8.85. The molecule has 1 fully saturated rings. The van der Waals surface area contributed by atoms with E-state index in [2.05, 4.69) is 0 Å². The van der Waals surface area contributed by atoms with Crippen LogP contribution in [0.4, 0.5) is 0 Å². The van der Waals surface area contributed by atoms with E-state index in [-0.39, 0.29) is 17.7 Å². The number of ether oxygens (including phenoxy) is 2. The Balaban J connectivity index is 2.03. The van der Waals surface area contributed by atoms with Crippen LogP contribution in [0.15, 0.2) is 18.2 Å². The van der Waals surface area contributed by atoms with Crippen molar-refractivity contribution in [3.05, 3.63) is 23.8 Å². The molecule has 25 heavy (non-hydrogen) atoms. The van der Waals surface area contributed by atoms with Gasteiger partial charge in [-0.1, -0.05) is 13.8 Å². The largest absolute Gasteiger partial charge is 0.497 e. The first-order valence-corrected chi connectivity index (χ1v) is 8.85. The highest BCUT2D eigenvalue weighted by Gasteiger charge is 2.28. The van der Waals surface area contributed by atoms with Gasteiger partial charge in [-0.25, -0.2) is 0 Å². The molecule has 1 aliphatic heterocycles. The van der Waals surface area contributed by atoms with Crippen LogP contribution >= 0.6 is 0 Å². The molecule has 0 atom stereocenters. The standard InChI is InChI=1S/C19H28N2O4/c1-5-14(6-2)18(22)20-9-11-21(12-10-20)19(23)16-8-7-15(24-3)13-17(16)25-4/h7-8,13-14H,5-6,9-12H2,1-4H3. The SMILES string of the molecule is CCC(CC)C(=O)N1CCN(C(=O)c2ccc(OC)cc2OC)CC1. The molecule has 1 aliphatic rings. The fourth-order valence-electron chi connectivity index (χ4n) is 3.17. The summed E-state index contributed by atoms with van der Waals surface area (Å²) in [4.78, 5) is 28.9. The minimum atomic E-state index is -0.0749. The number of piperazine rings is 1. The van der Waals surface area contributed by atoms with Gasteiger partial charge in [-0.3, -0.25) is 9.59 Å². The van der Waals surface area contributed by atoms with Crippen molar-refractivity contribution in [1.82, 2.24) is 9.80 Å². The highest BCUT2D eigenvalue weighted by molar-refractivity contribution is 5.97. The Labute approximate surface area is 149 Å². The van der Waals surface area contributed by atoms with Crippen LogP contribution in [-0.2, 0) is 4.79 Å². The average Bonchev–Trinajstić information content (AvgIpc) is 2.67. The van der Waals surface area contributed by atoms with E-state index in [0.29, 0.717) is 43.2 Å². The van der Waals surface area contributed by atoms with Gasteiger partial charge in [-0.15, -0.1) is 0 Å². The maximum atomic E-state index is 12.8. The molecule has 6 heteroatoms. The predicted molar refractivity (Wildman–Crippen MR) is 96.1 cm³/mol. The zero-order valence-electron chi connectivity index (χ0n) is 15.6. The van der Waals surface area contributed by atoms with Crippen molar-refractivity contribution in [3.63, 3.8) is 0 Å². The molecule has 1 saturated heterocycles. The third-order valence-corrected chi connectivity index (χ3v) is 4.85. The van der Waals surface area contributed by atoms with Gasteiger partial charge in [-0.2, -0.15) is 0 Å². The van der Waals surface area contributed by atoms with Crippen LogP contribution in [0.5, 0.6) is 11.5 Å². The molecule has 6 nitrogen and oxygen atoms in total. The lowest BCUT2D eigenvalue weighted by Gasteiger charge is -2.36. The Morgan fingerprint density at radius 1 is 1.00 bits per heavy atom. The van der Waals surface area contributed by atoms with E-state index in [1.165, 1.54) is 7.11 Å². The lowest BCUT2D eigenvalue weighted by molar-refractivity contribution is -0.137. The number of nitrogens with zero attached hydrogens (tertiary/aromatic N) is 2. The summed E-state index contributed by atoms with van der Waals surface area (Å²) in [7, 11) is 3.12. The maximum Gasteiger partial charge on any atom is 0.257 e. The number of hydrogen-bond acceptors (Lipinski definition) is 4. The minimum absolute atomic E-state index is 0.0749. The lowest BCUT2D eigenvalue weighted by Crippen LogP contribution is -2.51. The summed E-state index contributed by atoms with van der Waals surface area (Å²) in [6, 6.07) is 5.18. The quantitative estimate of drug-likeness (QED) is 0.792. The van der Waals surface area contributed by atoms with Gasteiger partial charge >= 0.3 is 0 Å². The van der Waals surface area contributed by atoms with Crippen LogP contribution in [0.25, 0.3) is 0 Å². The van der Waals surface area contributed by atoms with Gasteiger partial charge in [0.05, 0.1) is 19.8 Å². The second-order valence-corrected chi connectivity index (χ2v) is 6.20. The Kier molecular flexibility index (Phi) is 6.67. The van der Waals surface area contributed by atoms with Crippen molar-refractivity contribution < 1.29 is 19.1 Å². The summed E-state index contributed by atoms with van der Waals surface area (Å²) in [5.41, 5.74) is 0.517. The zero-order chi connectivity index (χ0) is 18.4. The summed E-state index contributed by atoms with van der Waals surface area (Å²) in [6.07, 6.45) is 1.72. The molecular formula is C19H28N2O4. The fourth-order valence-corrected chi connectivity index (χ4v) is 3.17. The fraction of sp³-hybridized carbons (Fsp3) is 0.579. The smallest absolute Gasteiger partial charge is 0.257 e. The highest BCUT2D eigenvalue weighted by Crippen LogP contribution is 2.26. The van der Waals surface area contributed by atoms with Crippen LogP contribution in [0.1, 0.15) is 37.0 Å². The molecule has 1 aromatic rings. The number of hydrogen-bond donors (Lipinski definition) is 0. The predicted octanol–water partition coefficient (Wildman–Crippen LogP) is 2.42. The van der Waals surface area contributed by atoms with Crippen LogP contribution in [0.3, 0.4) is 0 Å². The summed E-state index contributed by atoms with van der Waals surface area (Å²) >= 11 is 0. The van der Waals surface area contributed by atoms with Gasteiger partial charge in [0.1, 0.15) is 11.5 Å². The Morgan fingerprint density at radius 3 is 2.12 bits per heavy atom. The van der Waals surface area contributed by atoms with Gasteiger partial charge in [0.15, 0.2) is 0 Å². The second kappa shape index (κ2) is 8.74. The normalized spacial score (nSPS) is 14.6.